The summed E-state index contributed by atoms with van der Waals surface area (Å²) in [6.45, 7) is 1.95. The summed E-state index contributed by atoms with van der Waals surface area (Å²) in [6, 6.07) is 10.1. The van der Waals surface area contributed by atoms with Crippen molar-refractivity contribution >= 4 is 5.97 Å². The molecular weight excluding hydrogens is 244 g/mol. The summed E-state index contributed by atoms with van der Waals surface area (Å²) < 4.78 is 5.28. The Hall–Kier alpha value is -2.49. The van der Waals surface area contributed by atoms with E-state index in [0.717, 1.165) is 11.1 Å². The number of phenols is 1. The average molecular weight is 258 g/mol. The van der Waals surface area contributed by atoms with Crippen molar-refractivity contribution in [2.24, 2.45) is 0 Å². The van der Waals surface area contributed by atoms with Crippen LogP contribution in [0.2, 0.25) is 0 Å². The molecule has 0 amide bonds. The summed E-state index contributed by atoms with van der Waals surface area (Å²) in [7, 11) is 1.56. The lowest BCUT2D eigenvalue weighted by Crippen LogP contribution is -1.97. The molecule has 2 N–H and O–H groups in total. The number of aryl methyl sites for hydroxylation is 1. The van der Waals surface area contributed by atoms with Gasteiger partial charge in [-0.1, -0.05) is 17.7 Å². The lowest BCUT2D eigenvalue weighted by atomic mass is 10.00. The Bertz CT molecular complexity index is 632. The quantitative estimate of drug-likeness (QED) is 0.887. The maximum absolute atomic E-state index is 11.0. The highest BCUT2D eigenvalue weighted by Crippen LogP contribution is 2.33. The number of rotatable bonds is 3. The smallest absolute Gasteiger partial charge is 0.339 e. The van der Waals surface area contributed by atoms with Crippen LogP contribution in [0.4, 0.5) is 0 Å². The van der Waals surface area contributed by atoms with Gasteiger partial charge in [0.15, 0.2) is 0 Å². The predicted molar refractivity (Wildman–Crippen MR) is 71.8 cm³/mol. The molecule has 0 radical (unpaired) electrons. The average Bonchev–Trinajstić information content (AvgIpc) is 2.39. The van der Waals surface area contributed by atoms with Gasteiger partial charge < -0.3 is 14.9 Å². The van der Waals surface area contributed by atoms with Crippen LogP contribution >= 0.6 is 0 Å². The zero-order chi connectivity index (χ0) is 14.0. The highest BCUT2D eigenvalue weighted by atomic mass is 16.5. The number of aromatic carboxylic acids is 1. The normalized spacial score (nSPS) is 10.2. The van der Waals surface area contributed by atoms with Crippen LogP contribution in [0.15, 0.2) is 36.4 Å². The molecule has 0 saturated heterocycles. The predicted octanol–water partition coefficient (Wildman–Crippen LogP) is 3.07. The second-order valence-electron chi connectivity index (χ2n) is 4.24. The first kappa shape index (κ1) is 13.0. The van der Waals surface area contributed by atoms with Gasteiger partial charge in [-0.3, -0.25) is 0 Å². The van der Waals surface area contributed by atoms with E-state index in [2.05, 4.69) is 0 Å². The molecule has 0 spiro atoms. The molecule has 4 nitrogen and oxygen atoms in total. The SMILES string of the molecule is COc1ccc(C)cc1-c1ccc(O)c(C(=O)O)c1. The van der Waals surface area contributed by atoms with E-state index in [1.54, 1.807) is 13.2 Å². The molecule has 0 unspecified atom stereocenters. The number of hydrogen-bond acceptors (Lipinski definition) is 3. The second-order valence-corrected chi connectivity index (χ2v) is 4.24. The van der Waals surface area contributed by atoms with E-state index < -0.39 is 5.97 Å². The van der Waals surface area contributed by atoms with Gasteiger partial charge in [-0.25, -0.2) is 4.79 Å². The fourth-order valence-electron chi connectivity index (χ4n) is 1.92. The molecule has 0 aliphatic rings. The number of methoxy groups -OCH3 is 1. The van der Waals surface area contributed by atoms with Gasteiger partial charge in [-0.15, -0.1) is 0 Å². The van der Waals surface area contributed by atoms with Gasteiger partial charge in [0.1, 0.15) is 17.1 Å². The van der Waals surface area contributed by atoms with Gasteiger partial charge in [-0.2, -0.15) is 0 Å². The van der Waals surface area contributed by atoms with E-state index in [0.29, 0.717) is 11.3 Å². The lowest BCUT2D eigenvalue weighted by Gasteiger charge is -2.11. The molecule has 0 bridgehead atoms. The van der Waals surface area contributed by atoms with Crippen molar-refractivity contribution in [2.75, 3.05) is 7.11 Å². The minimum atomic E-state index is -1.16. The minimum Gasteiger partial charge on any atom is -0.507 e. The van der Waals surface area contributed by atoms with Gasteiger partial charge in [0.2, 0.25) is 0 Å². The number of carboxylic acid groups (broad SMARTS) is 1. The van der Waals surface area contributed by atoms with Crippen molar-refractivity contribution in [2.45, 2.75) is 6.92 Å². The van der Waals surface area contributed by atoms with Crippen LogP contribution in [0, 0.1) is 6.92 Å². The number of benzene rings is 2. The van der Waals surface area contributed by atoms with E-state index in [9.17, 15) is 9.90 Å². The fraction of sp³-hybridized carbons (Fsp3) is 0.133. The molecule has 2 aromatic rings. The Morgan fingerprint density at radius 3 is 2.53 bits per heavy atom. The summed E-state index contributed by atoms with van der Waals surface area (Å²) in [4.78, 5) is 11.0. The molecule has 0 saturated carbocycles. The van der Waals surface area contributed by atoms with Crippen molar-refractivity contribution in [3.8, 4) is 22.6 Å². The van der Waals surface area contributed by atoms with E-state index >= 15 is 0 Å². The molecule has 0 aliphatic carbocycles. The zero-order valence-corrected chi connectivity index (χ0v) is 10.7. The van der Waals surface area contributed by atoms with Crippen LogP contribution in [0.25, 0.3) is 11.1 Å². The molecule has 0 aromatic heterocycles. The Morgan fingerprint density at radius 1 is 1.16 bits per heavy atom. The van der Waals surface area contributed by atoms with Gasteiger partial charge >= 0.3 is 5.97 Å². The largest absolute Gasteiger partial charge is 0.507 e. The van der Waals surface area contributed by atoms with Crippen LogP contribution in [0.3, 0.4) is 0 Å². The third-order valence-electron chi connectivity index (χ3n) is 2.89. The number of aromatic hydroxyl groups is 1. The van der Waals surface area contributed by atoms with Crippen molar-refractivity contribution in [3.05, 3.63) is 47.5 Å². The summed E-state index contributed by atoms with van der Waals surface area (Å²) >= 11 is 0. The van der Waals surface area contributed by atoms with Crippen molar-refractivity contribution in [1.29, 1.82) is 0 Å². The highest BCUT2D eigenvalue weighted by molar-refractivity contribution is 5.93. The summed E-state index contributed by atoms with van der Waals surface area (Å²) in [6.07, 6.45) is 0. The van der Waals surface area contributed by atoms with Crippen LogP contribution in [0.1, 0.15) is 15.9 Å². The van der Waals surface area contributed by atoms with Gasteiger partial charge in [-0.05, 0) is 36.8 Å². The fourth-order valence-corrected chi connectivity index (χ4v) is 1.92. The molecular formula is C15H14O4. The number of carboxylic acids is 1. The van der Waals surface area contributed by atoms with E-state index in [1.165, 1.54) is 12.1 Å². The van der Waals surface area contributed by atoms with Crippen molar-refractivity contribution in [3.63, 3.8) is 0 Å². The molecule has 2 rings (SSSR count). The van der Waals surface area contributed by atoms with Crippen LogP contribution in [-0.2, 0) is 0 Å². The first-order chi connectivity index (χ1) is 9.02. The van der Waals surface area contributed by atoms with Crippen LogP contribution in [0.5, 0.6) is 11.5 Å². The third-order valence-corrected chi connectivity index (χ3v) is 2.89. The summed E-state index contributed by atoms with van der Waals surface area (Å²) in [5.41, 5.74) is 2.41. The zero-order valence-electron chi connectivity index (χ0n) is 10.7. The monoisotopic (exact) mass is 258 g/mol. The number of ether oxygens (including phenoxy) is 1. The second kappa shape index (κ2) is 5.02. The molecule has 4 heteroatoms. The summed E-state index contributed by atoms with van der Waals surface area (Å²) in [5.74, 6) is -0.749. The maximum Gasteiger partial charge on any atom is 0.339 e. The maximum atomic E-state index is 11.0. The molecule has 0 heterocycles. The Morgan fingerprint density at radius 2 is 1.89 bits per heavy atom. The van der Waals surface area contributed by atoms with E-state index in [4.69, 9.17) is 9.84 Å². The first-order valence-corrected chi connectivity index (χ1v) is 5.74. The van der Waals surface area contributed by atoms with Gasteiger partial charge in [0.05, 0.1) is 7.11 Å². The number of carbonyl (C=O) groups is 1. The van der Waals surface area contributed by atoms with E-state index in [-0.39, 0.29) is 11.3 Å². The topological polar surface area (TPSA) is 66.8 Å². The molecule has 2 aromatic carbocycles. The number of hydrogen-bond donors (Lipinski definition) is 2. The first-order valence-electron chi connectivity index (χ1n) is 5.74. The lowest BCUT2D eigenvalue weighted by molar-refractivity contribution is 0.0694. The van der Waals surface area contributed by atoms with Gasteiger partial charge in [0.25, 0.3) is 0 Å². The van der Waals surface area contributed by atoms with Crippen LogP contribution in [-0.4, -0.2) is 23.3 Å². The minimum absolute atomic E-state index is 0.124. The molecule has 98 valence electrons. The molecule has 0 atom stereocenters. The highest BCUT2D eigenvalue weighted by Gasteiger charge is 2.13. The van der Waals surface area contributed by atoms with Crippen LogP contribution < -0.4 is 4.74 Å². The van der Waals surface area contributed by atoms with Gasteiger partial charge in [0, 0.05) is 5.56 Å². The standard InChI is InChI=1S/C15H14O4/c1-9-3-6-14(19-2)11(7-9)10-4-5-13(16)12(8-10)15(17)18/h3-8,16H,1-2H3,(H,17,18). The Balaban J connectivity index is 2.62. The van der Waals surface area contributed by atoms with Crippen molar-refractivity contribution in [1.82, 2.24) is 0 Å². The molecule has 19 heavy (non-hydrogen) atoms. The Labute approximate surface area is 110 Å². The van der Waals surface area contributed by atoms with E-state index in [1.807, 2.05) is 25.1 Å². The molecule has 0 aliphatic heterocycles. The molecule has 0 fully saturated rings. The Kier molecular flexibility index (Phi) is 3.42. The third kappa shape index (κ3) is 2.52. The summed E-state index contributed by atoms with van der Waals surface area (Å²) in [5, 5.41) is 18.5. The van der Waals surface area contributed by atoms with Crippen molar-refractivity contribution < 1.29 is 19.7 Å².